The zero-order chi connectivity index (χ0) is 27.6. The van der Waals surface area contributed by atoms with Crippen LogP contribution in [-0.2, 0) is 22.3 Å². The number of morpholine rings is 1. The molecular formula is C27H26F3N5O3S. The van der Waals surface area contributed by atoms with Crippen LogP contribution in [0.1, 0.15) is 29.1 Å². The largest absolute Gasteiger partial charge is 0.445 e. The maximum absolute atomic E-state index is 13.7. The quantitative estimate of drug-likeness (QED) is 0.288. The summed E-state index contributed by atoms with van der Waals surface area (Å²) in [7, 11) is 0. The van der Waals surface area contributed by atoms with Crippen molar-refractivity contribution in [3.63, 3.8) is 0 Å². The number of aromatic nitrogens is 2. The van der Waals surface area contributed by atoms with Gasteiger partial charge in [-0.15, -0.1) is 21.5 Å². The Hall–Kier alpha value is -3.90. The summed E-state index contributed by atoms with van der Waals surface area (Å²) in [5, 5.41) is 11.1. The van der Waals surface area contributed by atoms with Crippen molar-refractivity contribution < 1.29 is 27.4 Å². The molecule has 0 spiro atoms. The number of benzene rings is 2. The van der Waals surface area contributed by atoms with Crippen molar-refractivity contribution in [1.29, 1.82) is 0 Å². The molecule has 204 valence electrons. The summed E-state index contributed by atoms with van der Waals surface area (Å²) in [5.41, 5.74) is 6.61. The number of carbonyl (C=O) groups excluding carboxylic acids is 1. The van der Waals surface area contributed by atoms with E-state index in [1.165, 1.54) is 17.4 Å². The first kappa shape index (κ1) is 26.7. The molecule has 3 heterocycles. The first-order chi connectivity index (χ1) is 18.7. The fourth-order valence-electron chi connectivity index (χ4n) is 4.52. The number of halogens is 3. The highest BCUT2D eigenvalue weighted by Crippen LogP contribution is 2.39. The average Bonchev–Trinajstić information content (AvgIpc) is 3.42. The minimum Gasteiger partial charge on any atom is -0.445 e. The van der Waals surface area contributed by atoms with Gasteiger partial charge >= 0.3 is 12.3 Å². The Balaban J connectivity index is 1.45. The molecule has 12 heteroatoms. The SMILES string of the molecule is CC(Nc1nnc(C(F)(F)F)c2ccc(N3CCOCC3)cc12)c1ccc(-c2ccccc2COC(N)=O)s1. The molecule has 1 unspecified atom stereocenters. The summed E-state index contributed by atoms with van der Waals surface area (Å²) in [6.45, 7) is 4.38. The van der Waals surface area contributed by atoms with Gasteiger partial charge in [0.1, 0.15) is 6.61 Å². The number of fused-ring (bicyclic) bond motifs is 1. The number of primary amides is 1. The fraction of sp³-hybridized carbons (Fsp3) is 0.296. The van der Waals surface area contributed by atoms with Crippen LogP contribution in [0.15, 0.2) is 54.6 Å². The van der Waals surface area contributed by atoms with E-state index < -0.39 is 18.0 Å². The molecule has 4 aromatic rings. The van der Waals surface area contributed by atoms with Gasteiger partial charge in [0, 0.05) is 39.3 Å². The summed E-state index contributed by atoms with van der Waals surface area (Å²) < 4.78 is 51.6. The predicted molar refractivity (Wildman–Crippen MR) is 144 cm³/mol. The monoisotopic (exact) mass is 557 g/mol. The van der Waals surface area contributed by atoms with E-state index >= 15 is 0 Å². The third kappa shape index (κ3) is 5.91. The lowest BCUT2D eigenvalue weighted by molar-refractivity contribution is -0.140. The zero-order valence-corrected chi connectivity index (χ0v) is 21.8. The molecule has 0 saturated carbocycles. The van der Waals surface area contributed by atoms with E-state index in [1.54, 1.807) is 12.1 Å². The Bertz CT molecular complexity index is 1490. The van der Waals surface area contributed by atoms with Crippen LogP contribution in [-0.4, -0.2) is 42.6 Å². The molecule has 1 aliphatic rings. The van der Waals surface area contributed by atoms with Crippen LogP contribution in [0.3, 0.4) is 0 Å². The second kappa shape index (κ2) is 11.1. The number of nitrogens with one attached hydrogen (secondary N) is 1. The van der Waals surface area contributed by atoms with E-state index in [0.29, 0.717) is 31.7 Å². The number of nitrogens with zero attached hydrogens (tertiary/aromatic N) is 3. The number of anilines is 2. The van der Waals surface area contributed by atoms with E-state index in [0.717, 1.165) is 26.6 Å². The predicted octanol–water partition coefficient (Wildman–Crippen LogP) is 5.98. The normalized spacial score (nSPS) is 14.8. The van der Waals surface area contributed by atoms with Crippen molar-refractivity contribution in [2.75, 3.05) is 36.5 Å². The van der Waals surface area contributed by atoms with Crippen LogP contribution >= 0.6 is 11.3 Å². The van der Waals surface area contributed by atoms with Gasteiger partial charge in [0.25, 0.3) is 0 Å². The molecule has 5 rings (SSSR count). The van der Waals surface area contributed by atoms with E-state index in [-0.39, 0.29) is 23.9 Å². The Morgan fingerprint density at radius 3 is 2.64 bits per heavy atom. The van der Waals surface area contributed by atoms with E-state index in [1.807, 2.05) is 43.3 Å². The lowest BCUT2D eigenvalue weighted by Crippen LogP contribution is -2.36. The Kier molecular flexibility index (Phi) is 7.58. The molecular weight excluding hydrogens is 531 g/mol. The third-order valence-electron chi connectivity index (χ3n) is 6.47. The lowest BCUT2D eigenvalue weighted by Gasteiger charge is -2.29. The number of hydrogen-bond acceptors (Lipinski definition) is 8. The van der Waals surface area contributed by atoms with Crippen molar-refractivity contribution in [3.8, 4) is 10.4 Å². The first-order valence-corrected chi connectivity index (χ1v) is 13.1. The first-order valence-electron chi connectivity index (χ1n) is 12.3. The van der Waals surface area contributed by atoms with Crippen LogP contribution < -0.4 is 16.0 Å². The number of alkyl halides is 3. The molecule has 2 aromatic carbocycles. The molecule has 8 nitrogen and oxygen atoms in total. The number of ether oxygens (including phenoxy) is 2. The topological polar surface area (TPSA) is 103 Å². The summed E-state index contributed by atoms with van der Waals surface area (Å²) in [5.74, 6) is 0.269. The lowest BCUT2D eigenvalue weighted by atomic mass is 10.1. The van der Waals surface area contributed by atoms with E-state index in [4.69, 9.17) is 15.2 Å². The average molecular weight is 558 g/mol. The number of carbonyl (C=O) groups is 1. The molecule has 1 saturated heterocycles. The maximum atomic E-state index is 13.7. The van der Waals surface area contributed by atoms with Crippen molar-refractivity contribution in [2.45, 2.75) is 25.7 Å². The molecule has 0 aliphatic carbocycles. The maximum Gasteiger partial charge on any atom is 0.435 e. The molecule has 1 amide bonds. The van der Waals surface area contributed by atoms with Crippen molar-refractivity contribution >= 4 is 39.7 Å². The summed E-state index contributed by atoms with van der Waals surface area (Å²) in [4.78, 5) is 15.0. The molecule has 3 N–H and O–H groups in total. The second-order valence-corrected chi connectivity index (χ2v) is 10.2. The number of thiophene rings is 1. The molecule has 2 aromatic heterocycles. The molecule has 1 fully saturated rings. The van der Waals surface area contributed by atoms with Gasteiger partial charge in [0.2, 0.25) is 0 Å². The number of rotatable bonds is 7. The highest BCUT2D eigenvalue weighted by Gasteiger charge is 2.36. The second-order valence-electron chi connectivity index (χ2n) is 9.06. The van der Waals surface area contributed by atoms with Crippen molar-refractivity contribution in [2.24, 2.45) is 5.73 Å². The zero-order valence-electron chi connectivity index (χ0n) is 21.0. The molecule has 0 bridgehead atoms. The third-order valence-corrected chi connectivity index (χ3v) is 7.77. The Morgan fingerprint density at radius 1 is 1.13 bits per heavy atom. The standard InChI is InChI=1S/C27H26F3N5O3S/c1-16(22-8-9-23(39-22)19-5-3-2-4-17(19)15-38-26(31)36)32-25-21-14-18(35-10-12-37-13-11-35)6-7-20(21)24(33-34-25)27(28,29)30/h2-9,14,16H,10-13,15H2,1H3,(H2,31,36)(H,32,34). The van der Waals surface area contributed by atoms with Gasteiger partial charge in [-0.2, -0.15) is 13.2 Å². The van der Waals surface area contributed by atoms with E-state index in [9.17, 15) is 18.0 Å². The fourth-order valence-corrected chi connectivity index (χ4v) is 5.59. The van der Waals surface area contributed by atoms with Crippen LogP contribution in [0.25, 0.3) is 21.2 Å². The number of amides is 1. The smallest absolute Gasteiger partial charge is 0.435 e. The number of hydrogen-bond donors (Lipinski definition) is 2. The van der Waals surface area contributed by atoms with Crippen LogP contribution in [0.4, 0.5) is 29.5 Å². The van der Waals surface area contributed by atoms with Gasteiger partial charge in [0.05, 0.1) is 19.3 Å². The highest BCUT2D eigenvalue weighted by atomic mass is 32.1. The molecule has 1 atom stereocenters. The van der Waals surface area contributed by atoms with Gasteiger partial charge in [-0.25, -0.2) is 4.79 Å². The van der Waals surface area contributed by atoms with Gasteiger partial charge in [0.15, 0.2) is 11.5 Å². The van der Waals surface area contributed by atoms with Gasteiger partial charge < -0.3 is 25.4 Å². The summed E-state index contributed by atoms with van der Waals surface area (Å²) in [6.07, 6.45) is -5.49. The van der Waals surface area contributed by atoms with Crippen LogP contribution in [0, 0.1) is 0 Å². The van der Waals surface area contributed by atoms with Crippen molar-refractivity contribution in [1.82, 2.24) is 10.2 Å². The highest BCUT2D eigenvalue weighted by molar-refractivity contribution is 7.15. The Labute approximate surface area is 226 Å². The van der Waals surface area contributed by atoms with Crippen LogP contribution in [0.5, 0.6) is 0 Å². The van der Waals surface area contributed by atoms with Crippen LogP contribution in [0.2, 0.25) is 0 Å². The minimum atomic E-state index is -4.63. The molecule has 0 radical (unpaired) electrons. The molecule has 1 aliphatic heterocycles. The van der Waals surface area contributed by atoms with Crippen molar-refractivity contribution in [3.05, 3.63) is 70.7 Å². The number of nitrogens with two attached hydrogens (primary N) is 1. The van der Waals surface area contributed by atoms with E-state index in [2.05, 4.69) is 20.4 Å². The Morgan fingerprint density at radius 2 is 1.90 bits per heavy atom. The summed E-state index contributed by atoms with van der Waals surface area (Å²) in [6, 6.07) is 16.0. The van der Waals surface area contributed by atoms with Gasteiger partial charge in [-0.1, -0.05) is 24.3 Å². The minimum absolute atomic E-state index is 0.0144. The summed E-state index contributed by atoms with van der Waals surface area (Å²) >= 11 is 1.52. The van der Waals surface area contributed by atoms with Gasteiger partial charge in [-0.3, -0.25) is 0 Å². The molecule has 39 heavy (non-hydrogen) atoms. The van der Waals surface area contributed by atoms with Gasteiger partial charge in [-0.05, 0) is 48.4 Å².